The van der Waals surface area contributed by atoms with Gasteiger partial charge in [-0.15, -0.1) is 0 Å². The van der Waals surface area contributed by atoms with Crippen molar-refractivity contribution in [1.29, 1.82) is 0 Å². The number of anilines is 1. The molecule has 1 saturated heterocycles. The average Bonchev–Trinajstić information content (AvgIpc) is 3.16. The van der Waals surface area contributed by atoms with Crippen LogP contribution in [-0.2, 0) is 20.6 Å². The normalized spacial score (nSPS) is 14.7. The summed E-state index contributed by atoms with van der Waals surface area (Å²) in [6.07, 6.45) is 0. The minimum atomic E-state index is -0.366. The van der Waals surface area contributed by atoms with Crippen LogP contribution in [-0.4, -0.2) is 44.9 Å². The minimum Gasteiger partial charge on any atom is -0.340 e. The van der Waals surface area contributed by atoms with Gasteiger partial charge in [0.25, 0.3) is 5.56 Å². The van der Waals surface area contributed by atoms with Gasteiger partial charge in [-0.25, -0.2) is 4.79 Å². The average molecular weight is 404 g/mol. The summed E-state index contributed by atoms with van der Waals surface area (Å²) in [5.41, 5.74) is 1.29. The largest absolute Gasteiger partial charge is 0.340 e. The Bertz CT molecular complexity index is 1370. The van der Waals surface area contributed by atoms with Crippen LogP contribution in [0.1, 0.15) is 5.56 Å². The standard InChI is InChI=1S/C22H24N6O2/c1-25-19-18(20(29)26(2)22(25)30)28(21(24-19)27-11-9-23-10-12-27)14-15-7-8-16-5-3-4-6-17(16)13-15/h3-8,13,23H,9-12,14H2,1-2H3. The summed E-state index contributed by atoms with van der Waals surface area (Å²) in [7, 11) is 3.18. The molecule has 1 aliphatic rings. The first kappa shape index (κ1) is 18.6. The highest BCUT2D eigenvalue weighted by molar-refractivity contribution is 5.83. The lowest BCUT2D eigenvalue weighted by Gasteiger charge is -2.28. The summed E-state index contributed by atoms with van der Waals surface area (Å²) in [4.78, 5) is 32.5. The molecule has 0 atom stereocenters. The molecule has 8 heteroatoms. The Hall–Kier alpha value is -3.39. The Kier molecular flexibility index (Phi) is 4.43. The maximum absolute atomic E-state index is 13.1. The van der Waals surface area contributed by atoms with E-state index in [2.05, 4.69) is 40.5 Å². The van der Waals surface area contributed by atoms with Gasteiger partial charge in [0.2, 0.25) is 5.95 Å². The summed E-state index contributed by atoms with van der Waals surface area (Å²) in [6.45, 7) is 3.82. The number of imidazole rings is 1. The van der Waals surface area contributed by atoms with E-state index >= 15 is 0 Å². The van der Waals surface area contributed by atoms with Crippen LogP contribution < -0.4 is 21.5 Å². The zero-order valence-corrected chi connectivity index (χ0v) is 17.1. The molecule has 4 aromatic rings. The topological polar surface area (TPSA) is 77.1 Å². The molecule has 0 saturated carbocycles. The van der Waals surface area contributed by atoms with Gasteiger partial charge in [0, 0.05) is 40.3 Å². The second-order valence-electron chi connectivity index (χ2n) is 7.79. The van der Waals surface area contributed by atoms with Gasteiger partial charge in [0.15, 0.2) is 11.2 Å². The third-order valence-corrected chi connectivity index (χ3v) is 5.88. The second-order valence-corrected chi connectivity index (χ2v) is 7.79. The lowest BCUT2D eigenvalue weighted by atomic mass is 10.1. The van der Waals surface area contributed by atoms with Crippen LogP contribution in [0.5, 0.6) is 0 Å². The van der Waals surface area contributed by atoms with Crippen molar-refractivity contribution in [3.63, 3.8) is 0 Å². The molecule has 1 aliphatic heterocycles. The van der Waals surface area contributed by atoms with Crippen molar-refractivity contribution in [2.24, 2.45) is 14.1 Å². The fraction of sp³-hybridized carbons (Fsp3) is 0.318. The lowest BCUT2D eigenvalue weighted by molar-refractivity contribution is 0.571. The first-order valence-corrected chi connectivity index (χ1v) is 10.1. The van der Waals surface area contributed by atoms with E-state index in [-0.39, 0.29) is 11.2 Å². The zero-order valence-electron chi connectivity index (χ0n) is 17.1. The van der Waals surface area contributed by atoms with Crippen molar-refractivity contribution >= 4 is 27.9 Å². The second kappa shape index (κ2) is 7.14. The number of hydrogen-bond acceptors (Lipinski definition) is 5. The molecule has 3 heterocycles. The number of nitrogens with one attached hydrogen (secondary N) is 1. The van der Waals surface area contributed by atoms with Crippen molar-refractivity contribution in [2.75, 3.05) is 31.1 Å². The summed E-state index contributed by atoms with van der Waals surface area (Å²) in [6, 6.07) is 14.6. The maximum atomic E-state index is 13.1. The van der Waals surface area contributed by atoms with Crippen molar-refractivity contribution in [1.82, 2.24) is 24.0 Å². The SMILES string of the molecule is Cn1c(=O)c2c(nc(N3CCNCC3)n2Cc2ccc3ccccc3c2)n(C)c1=O. The molecule has 0 unspecified atom stereocenters. The molecule has 8 nitrogen and oxygen atoms in total. The molecule has 5 rings (SSSR count). The number of fused-ring (bicyclic) bond motifs is 2. The van der Waals surface area contributed by atoms with E-state index in [0.29, 0.717) is 17.7 Å². The van der Waals surface area contributed by atoms with Crippen LogP contribution in [0.25, 0.3) is 21.9 Å². The monoisotopic (exact) mass is 404 g/mol. The van der Waals surface area contributed by atoms with Crippen LogP contribution in [0.4, 0.5) is 5.95 Å². The Balaban J connectivity index is 1.73. The highest BCUT2D eigenvalue weighted by atomic mass is 16.2. The fourth-order valence-electron chi connectivity index (χ4n) is 4.21. The van der Waals surface area contributed by atoms with E-state index in [9.17, 15) is 9.59 Å². The third kappa shape index (κ3) is 2.91. The van der Waals surface area contributed by atoms with E-state index in [4.69, 9.17) is 4.98 Å². The molecule has 0 spiro atoms. The molecular formula is C22H24N6O2. The summed E-state index contributed by atoms with van der Waals surface area (Å²) in [5, 5.41) is 5.68. The van der Waals surface area contributed by atoms with Crippen molar-refractivity contribution in [2.45, 2.75) is 6.54 Å². The van der Waals surface area contributed by atoms with E-state index < -0.39 is 0 Å². The molecule has 154 valence electrons. The molecular weight excluding hydrogens is 380 g/mol. The highest BCUT2D eigenvalue weighted by Crippen LogP contribution is 2.23. The molecule has 0 radical (unpaired) electrons. The Morgan fingerprint density at radius 3 is 2.47 bits per heavy atom. The van der Waals surface area contributed by atoms with Crippen molar-refractivity contribution in [3.8, 4) is 0 Å². The van der Waals surface area contributed by atoms with Gasteiger partial charge in [0.1, 0.15) is 0 Å². The number of piperazine rings is 1. The van der Waals surface area contributed by atoms with E-state index in [1.54, 1.807) is 7.05 Å². The smallest absolute Gasteiger partial charge is 0.332 e. The first-order chi connectivity index (χ1) is 14.5. The van der Waals surface area contributed by atoms with Gasteiger partial charge in [-0.05, 0) is 22.4 Å². The van der Waals surface area contributed by atoms with Crippen LogP contribution in [0.2, 0.25) is 0 Å². The molecule has 1 N–H and O–H groups in total. The molecule has 1 fully saturated rings. The molecule has 0 amide bonds. The molecule has 0 aliphatic carbocycles. The fourth-order valence-corrected chi connectivity index (χ4v) is 4.21. The Labute approximate surface area is 173 Å². The minimum absolute atomic E-state index is 0.317. The van der Waals surface area contributed by atoms with Gasteiger partial charge < -0.3 is 10.2 Å². The van der Waals surface area contributed by atoms with E-state index in [1.807, 2.05) is 16.7 Å². The predicted octanol–water partition coefficient (Wildman–Crippen LogP) is 1.04. The Morgan fingerprint density at radius 2 is 1.70 bits per heavy atom. The van der Waals surface area contributed by atoms with Crippen LogP contribution in [0.15, 0.2) is 52.1 Å². The van der Waals surface area contributed by atoms with Gasteiger partial charge in [-0.2, -0.15) is 4.98 Å². The van der Waals surface area contributed by atoms with Crippen LogP contribution in [0.3, 0.4) is 0 Å². The van der Waals surface area contributed by atoms with Crippen molar-refractivity contribution in [3.05, 3.63) is 68.9 Å². The zero-order chi connectivity index (χ0) is 20.8. The molecule has 2 aromatic heterocycles. The van der Waals surface area contributed by atoms with Gasteiger partial charge in [0.05, 0.1) is 6.54 Å². The quantitative estimate of drug-likeness (QED) is 0.552. The molecule has 2 aromatic carbocycles. The number of rotatable bonds is 3. The number of benzene rings is 2. The predicted molar refractivity (Wildman–Crippen MR) is 118 cm³/mol. The Morgan fingerprint density at radius 1 is 0.967 bits per heavy atom. The van der Waals surface area contributed by atoms with Crippen LogP contribution >= 0.6 is 0 Å². The van der Waals surface area contributed by atoms with Gasteiger partial charge in [-0.3, -0.25) is 18.5 Å². The van der Waals surface area contributed by atoms with Crippen LogP contribution in [0, 0.1) is 0 Å². The van der Waals surface area contributed by atoms with Crippen molar-refractivity contribution < 1.29 is 0 Å². The van der Waals surface area contributed by atoms with Gasteiger partial charge in [-0.1, -0.05) is 36.4 Å². The van der Waals surface area contributed by atoms with Gasteiger partial charge >= 0.3 is 5.69 Å². The molecule has 0 bridgehead atoms. The molecule has 30 heavy (non-hydrogen) atoms. The number of aromatic nitrogens is 4. The third-order valence-electron chi connectivity index (χ3n) is 5.88. The van der Waals surface area contributed by atoms with E-state index in [1.165, 1.54) is 17.0 Å². The summed E-state index contributed by atoms with van der Waals surface area (Å²) in [5.74, 6) is 0.734. The summed E-state index contributed by atoms with van der Waals surface area (Å²) >= 11 is 0. The number of nitrogens with zero attached hydrogens (tertiary/aromatic N) is 5. The maximum Gasteiger partial charge on any atom is 0.332 e. The summed E-state index contributed by atoms with van der Waals surface area (Å²) < 4.78 is 4.58. The van der Waals surface area contributed by atoms with E-state index in [0.717, 1.165) is 47.6 Å². The lowest BCUT2D eigenvalue weighted by Crippen LogP contribution is -2.44. The first-order valence-electron chi connectivity index (χ1n) is 10.1. The number of aryl methyl sites for hydroxylation is 1. The highest BCUT2D eigenvalue weighted by Gasteiger charge is 2.23. The number of hydrogen-bond donors (Lipinski definition) is 1.